The third-order valence-corrected chi connectivity index (χ3v) is 8.03. The molecule has 1 saturated carbocycles. The number of aromatic nitrogens is 5. The van der Waals surface area contributed by atoms with Gasteiger partial charge in [0.25, 0.3) is 15.6 Å². The van der Waals surface area contributed by atoms with Crippen LogP contribution in [0.5, 0.6) is 0 Å². The predicted octanol–water partition coefficient (Wildman–Crippen LogP) is 2.65. The molecule has 1 aliphatic carbocycles. The van der Waals surface area contributed by atoms with E-state index >= 15 is 0 Å². The van der Waals surface area contributed by atoms with Crippen LogP contribution in [0.15, 0.2) is 33.4 Å². The number of sulfonamides is 1. The second-order valence-electron chi connectivity index (χ2n) is 8.50. The maximum atomic E-state index is 12.8. The summed E-state index contributed by atoms with van der Waals surface area (Å²) in [6.07, 6.45) is 3.66. The maximum absolute atomic E-state index is 12.8. The van der Waals surface area contributed by atoms with Crippen LogP contribution in [0.25, 0.3) is 27.4 Å². The minimum atomic E-state index is -3.64. The summed E-state index contributed by atoms with van der Waals surface area (Å²) in [4.78, 5) is 26.6. The van der Waals surface area contributed by atoms with Gasteiger partial charge in [0.15, 0.2) is 17.1 Å². The largest absolute Gasteiger partial charge is 0.293 e. The zero-order chi connectivity index (χ0) is 21.3. The average Bonchev–Trinajstić information content (AvgIpc) is 3.21. The monoisotopic (exact) mass is 444 g/mol. The number of thiophene rings is 1. The van der Waals surface area contributed by atoms with Crippen molar-refractivity contribution in [1.82, 2.24) is 29.3 Å². The molecule has 156 valence electrons. The van der Waals surface area contributed by atoms with E-state index in [0.717, 1.165) is 29.9 Å². The fourth-order valence-electron chi connectivity index (χ4n) is 3.26. The van der Waals surface area contributed by atoms with E-state index in [1.165, 1.54) is 16.8 Å². The van der Waals surface area contributed by atoms with E-state index in [0.29, 0.717) is 27.7 Å². The van der Waals surface area contributed by atoms with Gasteiger partial charge in [-0.25, -0.2) is 32.6 Å². The Morgan fingerprint density at radius 1 is 1.23 bits per heavy atom. The lowest BCUT2D eigenvalue weighted by molar-refractivity contribution is 0.492. The summed E-state index contributed by atoms with van der Waals surface area (Å²) in [5.41, 5.74) is 0.968. The highest BCUT2D eigenvalue weighted by molar-refractivity contribution is 7.91. The molecule has 0 unspecified atom stereocenters. The van der Waals surface area contributed by atoms with Gasteiger partial charge in [0, 0.05) is 29.4 Å². The first-order chi connectivity index (χ1) is 14.1. The lowest BCUT2D eigenvalue weighted by atomic mass is 10.1. The van der Waals surface area contributed by atoms with Crippen molar-refractivity contribution in [3.63, 3.8) is 0 Å². The van der Waals surface area contributed by atoms with Crippen molar-refractivity contribution < 1.29 is 8.42 Å². The van der Waals surface area contributed by atoms with E-state index in [1.54, 1.807) is 26.8 Å². The lowest BCUT2D eigenvalue weighted by Crippen LogP contribution is -2.40. The Morgan fingerprint density at radius 3 is 2.70 bits per heavy atom. The van der Waals surface area contributed by atoms with E-state index in [1.807, 2.05) is 6.07 Å². The molecule has 4 aromatic heterocycles. The Morgan fingerprint density at radius 2 is 2.00 bits per heavy atom. The SMILES string of the molecule is CC(C)(C)NS(=O)(=O)c1ccc(-c2ncc3c(=O)n4[nH]c(C5CC5)cc4nc3n2)s1. The number of hydrogen-bond acceptors (Lipinski definition) is 7. The van der Waals surface area contributed by atoms with Crippen molar-refractivity contribution in [2.45, 2.75) is 49.3 Å². The highest BCUT2D eigenvalue weighted by atomic mass is 32.2. The van der Waals surface area contributed by atoms with E-state index in [4.69, 9.17) is 0 Å². The number of nitrogens with one attached hydrogen (secondary N) is 2. The summed E-state index contributed by atoms with van der Waals surface area (Å²) in [7, 11) is -3.64. The molecule has 9 nitrogen and oxygen atoms in total. The number of fused-ring (bicyclic) bond motifs is 2. The molecule has 0 aliphatic heterocycles. The van der Waals surface area contributed by atoms with Gasteiger partial charge in [-0.3, -0.25) is 9.89 Å². The normalized spacial score (nSPS) is 15.3. The van der Waals surface area contributed by atoms with Crippen LogP contribution in [0.4, 0.5) is 0 Å². The molecule has 1 fully saturated rings. The number of aromatic amines is 1. The van der Waals surface area contributed by atoms with Gasteiger partial charge in [-0.05, 0) is 45.7 Å². The summed E-state index contributed by atoms with van der Waals surface area (Å²) < 4.78 is 29.3. The van der Waals surface area contributed by atoms with E-state index in [2.05, 4.69) is 24.8 Å². The van der Waals surface area contributed by atoms with Crippen molar-refractivity contribution in [2.75, 3.05) is 0 Å². The Bertz CT molecular complexity index is 1460. The Hall–Kier alpha value is -2.63. The van der Waals surface area contributed by atoms with Crippen molar-refractivity contribution in [3.8, 4) is 10.7 Å². The highest BCUT2D eigenvalue weighted by Crippen LogP contribution is 2.39. The van der Waals surface area contributed by atoms with E-state index < -0.39 is 15.6 Å². The standard InChI is InChI=1S/C19H20N6O3S2/c1-19(2,3)24-30(27,28)15-7-6-13(29-15)17-20-9-11-16(22-17)21-14-8-12(10-4-5-10)23-25(14)18(11)26/h6-10,23-24H,4-5H2,1-3H3. The topological polar surface area (TPSA) is 122 Å². The van der Waals surface area contributed by atoms with Gasteiger partial charge >= 0.3 is 0 Å². The van der Waals surface area contributed by atoms with Gasteiger partial charge < -0.3 is 0 Å². The molecular weight excluding hydrogens is 424 g/mol. The molecule has 5 rings (SSSR count). The minimum absolute atomic E-state index is 0.180. The van der Waals surface area contributed by atoms with Gasteiger partial charge in [0.1, 0.15) is 9.60 Å². The molecule has 0 radical (unpaired) electrons. The molecule has 30 heavy (non-hydrogen) atoms. The molecule has 0 saturated heterocycles. The maximum Gasteiger partial charge on any atom is 0.283 e. The molecule has 11 heteroatoms. The van der Waals surface area contributed by atoms with Crippen molar-refractivity contribution >= 4 is 38.0 Å². The van der Waals surface area contributed by atoms with Crippen LogP contribution in [-0.2, 0) is 10.0 Å². The molecule has 0 amide bonds. The number of nitrogens with zero attached hydrogens (tertiary/aromatic N) is 4. The predicted molar refractivity (Wildman–Crippen MR) is 114 cm³/mol. The van der Waals surface area contributed by atoms with Gasteiger partial charge in [0.05, 0.1) is 4.88 Å². The van der Waals surface area contributed by atoms with Crippen LogP contribution in [0, 0.1) is 0 Å². The fourth-order valence-corrected chi connectivity index (χ4v) is 5.92. The van der Waals surface area contributed by atoms with Gasteiger partial charge in [0.2, 0.25) is 0 Å². The molecule has 0 spiro atoms. The first-order valence-electron chi connectivity index (χ1n) is 9.53. The molecular formula is C19H20N6O3S2. The first-order valence-corrected chi connectivity index (χ1v) is 11.8. The van der Waals surface area contributed by atoms with Gasteiger partial charge in [-0.2, -0.15) is 0 Å². The van der Waals surface area contributed by atoms with E-state index in [-0.39, 0.29) is 15.4 Å². The second kappa shape index (κ2) is 6.43. The third kappa shape index (κ3) is 3.42. The zero-order valence-electron chi connectivity index (χ0n) is 16.6. The lowest BCUT2D eigenvalue weighted by Gasteiger charge is -2.19. The molecule has 2 N–H and O–H groups in total. The fraction of sp³-hybridized carbons (Fsp3) is 0.368. The number of H-pyrrole nitrogens is 1. The highest BCUT2D eigenvalue weighted by Gasteiger charge is 2.27. The van der Waals surface area contributed by atoms with Crippen LogP contribution in [0.3, 0.4) is 0 Å². The van der Waals surface area contributed by atoms with Crippen LogP contribution in [-0.4, -0.2) is 38.5 Å². The molecule has 0 bridgehead atoms. The second-order valence-corrected chi connectivity index (χ2v) is 11.5. The van der Waals surface area contributed by atoms with Crippen LogP contribution in [0.2, 0.25) is 0 Å². The smallest absolute Gasteiger partial charge is 0.283 e. The molecule has 0 aromatic carbocycles. The average molecular weight is 445 g/mol. The Labute approximate surface area is 176 Å². The van der Waals surface area contributed by atoms with Gasteiger partial charge in [-0.15, -0.1) is 11.3 Å². The minimum Gasteiger partial charge on any atom is -0.293 e. The molecule has 4 aromatic rings. The summed E-state index contributed by atoms with van der Waals surface area (Å²) in [5, 5.41) is 3.42. The molecule has 1 aliphatic rings. The van der Waals surface area contributed by atoms with Crippen molar-refractivity contribution in [1.29, 1.82) is 0 Å². The Kier molecular flexibility index (Phi) is 4.15. The zero-order valence-corrected chi connectivity index (χ0v) is 18.3. The summed E-state index contributed by atoms with van der Waals surface area (Å²) in [5.74, 6) is 0.794. The summed E-state index contributed by atoms with van der Waals surface area (Å²) in [6, 6.07) is 5.07. The first kappa shape index (κ1) is 19.3. The van der Waals surface area contributed by atoms with E-state index in [9.17, 15) is 13.2 Å². The Balaban J connectivity index is 1.56. The quantitative estimate of drug-likeness (QED) is 0.499. The van der Waals surface area contributed by atoms with Crippen LogP contribution in [0.1, 0.15) is 45.2 Å². The third-order valence-electron chi connectivity index (χ3n) is 4.70. The molecule has 0 atom stereocenters. The van der Waals surface area contributed by atoms with Gasteiger partial charge in [-0.1, -0.05) is 0 Å². The summed E-state index contributed by atoms with van der Waals surface area (Å²) >= 11 is 1.07. The number of hydrogen-bond donors (Lipinski definition) is 2. The van der Waals surface area contributed by atoms with Crippen molar-refractivity contribution in [2.24, 2.45) is 0 Å². The van der Waals surface area contributed by atoms with Crippen LogP contribution >= 0.6 is 11.3 Å². The summed E-state index contributed by atoms with van der Waals surface area (Å²) in [6.45, 7) is 5.35. The van der Waals surface area contributed by atoms with Crippen LogP contribution < -0.4 is 10.3 Å². The van der Waals surface area contributed by atoms with Crippen molar-refractivity contribution in [3.05, 3.63) is 40.4 Å². The number of rotatable bonds is 4. The molecule has 4 heterocycles.